The Bertz CT molecular complexity index is 1300. The summed E-state index contributed by atoms with van der Waals surface area (Å²) in [6.45, 7) is 12.7. The van der Waals surface area contributed by atoms with Gasteiger partial charge in [-0.2, -0.15) is 0 Å². The van der Waals surface area contributed by atoms with Gasteiger partial charge in [0, 0.05) is 28.3 Å². The third kappa shape index (κ3) is 7.92. The van der Waals surface area contributed by atoms with Crippen LogP contribution in [-0.4, -0.2) is 24.3 Å². The summed E-state index contributed by atoms with van der Waals surface area (Å²) in [5.74, 6) is -0.158. The maximum atomic E-state index is 13.8. The predicted molar refractivity (Wildman–Crippen MR) is 161 cm³/mol. The Morgan fingerprint density at radius 1 is 1.00 bits per heavy atom. The van der Waals surface area contributed by atoms with Crippen LogP contribution in [0.15, 0.2) is 53.2 Å². The van der Waals surface area contributed by atoms with E-state index >= 15 is 0 Å². The monoisotopic (exact) mass is 561 g/mol. The normalized spacial score (nSPS) is 16.8. The van der Waals surface area contributed by atoms with Gasteiger partial charge in [0.05, 0.1) is 9.40 Å². The lowest BCUT2D eigenvalue weighted by atomic mass is 9.75. The van der Waals surface area contributed by atoms with Crippen LogP contribution < -0.4 is 5.32 Å². The second-order valence-corrected chi connectivity index (χ2v) is 12.7. The highest BCUT2D eigenvalue weighted by Crippen LogP contribution is 2.39. The van der Waals surface area contributed by atoms with Crippen LogP contribution in [0.4, 0.5) is 8.78 Å². The lowest BCUT2D eigenvalue weighted by Crippen LogP contribution is -2.33. The number of nitrogens with one attached hydrogen (secondary N) is 1. The van der Waals surface area contributed by atoms with E-state index in [1.165, 1.54) is 41.2 Å². The topological polar surface area (TPSA) is 60.6 Å². The minimum Gasteiger partial charge on any atom is -0.412 e. The summed E-state index contributed by atoms with van der Waals surface area (Å²) in [5, 5.41) is 8.83. The number of benzene rings is 2. The number of thiophene rings is 2. The largest absolute Gasteiger partial charge is 0.412 e. The fraction of sp³-hybridized carbons (Fsp3) is 0.452. The summed E-state index contributed by atoms with van der Waals surface area (Å²) < 4.78 is 28.0. The summed E-state index contributed by atoms with van der Waals surface area (Å²) in [5.41, 5.74) is 0.949. The van der Waals surface area contributed by atoms with Crippen molar-refractivity contribution in [1.29, 1.82) is 0 Å². The van der Waals surface area contributed by atoms with Crippen molar-refractivity contribution in [2.45, 2.75) is 66.7 Å². The van der Waals surface area contributed by atoms with Gasteiger partial charge in [0.15, 0.2) is 5.78 Å². The molecule has 5 rings (SSSR count). The molecule has 0 spiro atoms. The molecule has 7 heteroatoms. The summed E-state index contributed by atoms with van der Waals surface area (Å²) in [6, 6.07) is 12.0. The number of unbranched alkanes of at least 4 members (excludes halogenated alkanes) is 1. The Hall–Kier alpha value is -2.19. The van der Waals surface area contributed by atoms with Gasteiger partial charge in [-0.05, 0) is 53.8 Å². The number of carbonyl (C=O) groups excluding carboxylic acids is 1. The van der Waals surface area contributed by atoms with Gasteiger partial charge in [0.2, 0.25) is 0 Å². The third-order valence-electron chi connectivity index (χ3n) is 7.02. The molecular weight excluding hydrogens is 520 g/mol. The van der Waals surface area contributed by atoms with E-state index in [0.717, 1.165) is 54.2 Å². The number of rotatable bonds is 5. The highest BCUT2D eigenvalue weighted by molar-refractivity contribution is 7.17. The van der Waals surface area contributed by atoms with E-state index in [4.69, 9.17) is 0 Å². The molecule has 1 fully saturated rings. The number of halogens is 2. The smallest absolute Gasteiger partial charge is 0.171 e. The van der Waals surface area contributed by atoms with Gasteiger partial charge >= 0.3 is 0 Å². The van der Waals surface area contributed by atoms with Crippen molar-refractivity contribution >= 4 is 48.6 Å². The van der Waals surface area contributed by atoms with Crippen molar-refractivity contribution < 1.29 is 19.1 Å². The van der Waals surface area contributed by atoms with Crippen LogP contribution >= 0.6 is 22.7 Å². The second-order valence-electron chi connectivity index (χ2n) is 10.9. The summed E-state index contributed by atoms with van der Waals surface area (Å²) >= 11 is 2.77. The molecule has 3 heterocycles. The van der Waals surface area contributed by atoms with Crippen LogP contribution in [0.1, 0.15) is 77.1 Å². The first-order chi connectivity index (χ1) is 17.6. The minimum atomic E-state index is -0.295. The quantitative estimate of drug-likeness (QED) is 0.247. The average Bonchev–Trinajstić information content (AvgIpc) is 3.63. The first kappa shape index (κ1) is 32.0. The molecule has 0 bridgehead atoms. The van der Waals surface area contributed by atoms with Crippen molar-refractivity contribution in [3.05, 3.63) is 70.4 Å². The zero-order valence-electron chi connectivity index (χ0n) is 23.1. The molecule has 4 aromatic rings. The molecule has 208 valence electrons. The molecule has 3 N–H and O–H groups in total. The molecule has 2 aromatic heterocycles. The van der Waals surface area contributed by atoms with Crippen LogP contribution in [0.2, 0.25) is 0 Å². The Morgan fingerprint density at radius 3 is 2.24 bits per heavy atom. The van der Waals surface area contributed by atoms with Gasteiger partial charge in [0.25, 0.3) is 0 Å². The van der Waals surface area contributed by atoms with Crippen molar-refractivity contribution in [3.63, 3.8) is 0 Å². The van der Waals surface area contributed by atoms with E-state index < -0.39 is 0 Å². The number of hydrogen-bond acceptors (Lipinski definition) is 4. The van der Waals surface area contributed by atoms with Crippen LogP contribution in [0.3, 0.4) is 0 Å². The second kappa shape index (κ2) is 14.3. The van der Waals surface area contributed by atoms with E-state index in [1.54, 1.807) is 12.1 Å². The zero-order valence-corrected chi connectivity index (χ0v) is 24.8. The lowest BCUT2D eigenvalue weighted by Gasteiger charge is -2.26. The molecule has 1 aliphatic heterocycles. The maximum absolute atomic E-state index is 13.8. The first-order valence-electron chi connectivity index (χ1n) is 13.1. The van der Waals surface area contributed by atoms with Crippen LogP contribution in [0.5, 0.6) is 0 Å². The summed E-state index contributed by atoms with van der Waals surface area (Å²) in [4.78, 5) is 13.1. The third-order valence-corrected chi connectivity index (χ3v) is 8.97. The van der Waals surface area contributed by atoms with Crippen molar-refractivity contribution in [2.75, 3.05) is 13.1 Å². The molecule has 1 unspecified atom stereocenters. The molecule has 2 aromatic carbocycles. The lowest BCUT2D eigenvalue weighted by molar-refractivity contribution is 0.0802. The van der Waals surface area contributed by atoms with Gasteiger partial charge in [0.1, 0.15) is 11.6 Å². The predicted octanol–water partition coefficient (Wildman–Crippen LogP) is 9.05. The van der Waals surface area contributed by atoms with Crippen molar-refractivity contribution in [2.24, 2.45) is 10.8 Å². The van der Waals surface area contributed by atoms with Gasteiger partial charge < -0.3 is 10.8 Å². The minimum absolute atomic E-state index is 0. The number of carbonyl (C=O) groups is 1. The Morgan fingerprint density at radius 2 is 1.66 bits per heavy atom. The Kier molecular flexibility index (Phi) is 12.0. The summed E-state index contributed by atoms with van der Waals surface area (Å²) in [6.07, 6.45) is 5.23. The van der Waals surface area contributed by atoms with E-state index in [1.807, 2.05) is 29.0 Å². The summed E-state index contributed by atoms with van der Waals surface area (Å²) in [7, 11) is 0. The molecular formula is C31H41F2NO2S2. The number of Topliss-reactive ketones (excluding diaryl/α,β-unsaturated/α-hetero) is 1. The molecule has 0 amide bonds. The fourth-order valence-corrected chi connectivity index (χ4v) is 5.98. The van der Waals surface area contributed by atoms with E-state index in [0.29, 0.717) is 15.7 Å². The van der Waals surface area contributed by atoms with Crippen LogP contribution in [0.25, 0.3) is 20.2 Å². The van der Waals surface area contributed by atoms with Crippen molar-refractivity contribution in [1.82, 2.24) is 5.32 Å². The number of ketones is 1. The highest BCUT2D eigenvalue weighted by atomic mass is 32.1. The molecule has 1 atom stereocenters. The highest BCUT2D eigenvalue weighted by Gasteiger charge is 2.41. The van der Waals surface area contributed by atoms with E-state index in [9.17, 15) is 13.6 Å². The standard InChI is InChI=1S/C17H20FNOS.C8H5FS.C6H14.H2O/c1-2-3-7-17(8-9-19-11-17)16(20)13-10-21-15-12(13)5-4-6-14(15)18;9-7-3-1-2-6-4-5-10-8(6)7;1-5-6(2,3)4;/h4-6,10,19H,2-3,7-9,11H2,1H3;1-5H;5H2,1-4H3;1H2. The van der Waals surface area contributed by atoms with Gasteiger partial charge in [-0.1, -0.05) is 78.1 Å². The molecule has 1 saturated heterocycles. The fourth-order valence-electron chi connectivity index (χ4n) is 4.22. The Labute approximate surface area is 233 Å². The Balaban J connectivity index is 0.000000247. The maximum Gasteiger partial charge on any atom is 0.171 e. The zero-order chi connectivity index (χ0) is 27.1. The van der Waals surface area contributed by atoms with Gasteiger partial charge in [-0.3, -0.25) is 4.79 Å². The van der Waals surface area contributed by atoms with E-state index in [-0.39, 0.29) is 28.3 Å². The average molecular weight is 562 g/mol. The van der Waals surface area contributed by atoms with Crippen molar-refractivity contribution in [3.8, 4) is 0 Å². The molecule has 1 aliphatic rings. The first-order valence-corrected chi connectivity index (χ1v) is 14.9. The van der Waals surface area contributed by atoms with Gasteiger partial charge in [-0.25, -0.2) is 8.78 Å². The van der Waals surface area contributed by atoms with Crippen LogP contribution in [-0.2, 0) is 0 Å². The molecule has 0 aliphatic carbocycles. The van der Waals surface area contributed by atoms with Gasteiger partial charge in [-0.15, -0.1) is 22.7 Å². The molecule has 0 saturated carbocycles. The number of fused-ring (bicyclic) bond motifs is 2. The van der Waals surface area contributed by atoms with E-state index in [2.05, 4.69) is 39.9 Å². The molecule has 0 radical (unpaired) electrons. The molecule has 3 nitrogen and oxygen atoms in total. The van der Waals surface area contributed by atoms with Crippen LogP contribution in [0, 0.1) is 22.5 Å². The molecule has 38 heavy (non-hydrogen) atoms. The number of hydrogen-bond donors (Lipinski definition) is 1. The SMILES string of the molecule is CCC(C)(C)C.CCCCC1(C(=O)c2csc3c(F)cccc23)CCNC1.Fc1cccc2ccsc12.O.